The number of aryl methyl sites for hydroxylation is 1. The number of nitrogens with zero attached hydrogens (tertiary/aromatic N) is 2. The molecule has 2 heterocycles. The largest absolute Gasteiger partial charge is 0.493 e. The van der Waals surface area contributed by atoms with Crippen LogP contribution in [0.5, 0.6) is 11.5 Å². The Kier molecular flexibility index (Phi) is 6.46. The molecule has 4 aromatic rings. The SMILES string of the molecule is COc1cccc(/C=C(/C#N)c2nc(-c3cccs3)cs2)c1OCc1cccc(C)c1. The number of thiophene rings is 1. The number of thiazole rings is 1. The van der Waals surface area contributed by atoms with Crippen LogP contribution in [0.15, 0.2) is 65.4 Å². The lowest BCUT2D eigenvalue weighted by Gasteiger charge is -2.14. The fraction of sp³-hybridized carbons (Fsp3) is 0.120. The van der Waals surface area contributed by atoms with Crippen molar-refractivity contribution in [2.45, 2.75) is 13.5 Å². The van der Waals surface area contributed by atoms with Crippen LogP contribution in [-0.4, -0.2) is 12.1 Å². The number of benzene rings is 2. The highest BCUT2D eigenvalue weighted by molar-refractivity contribution is 7.14. The number of para-hydroxylation sites is 1. The van der Waals surface area contributed by atoms with Gasteiger partial charge in [-0.1, -0.05) is 48.0 Å². The number of methoxy groups -OCH3 is 1. The average molecular weight is 445 g/mol. The summed E-state index contributed by atoms with van der Waals surface area (Å²) in [6, 6.07) is 20.2. The average Bonchev–Trinajstić information content (AvgIpc) is 3.48. The zero-order valence-corrected chi connectivity index (χ0v) is 18.8. The summed E-state index contributed by atoms with van der Waals surface area (Å²) in [5.74, 6) is 1.23. The van der Waals surface area contributed by atoms with E-state index in [1.165, 1.54) is 16.9 Å². The highest BCUT2D eigenvalue weighted by atomic mass is 32.1. The van der Waals surface area contributed by atoms with Crippen molar-refractivity contribution in [3.63, 3.8) is 0 Å². The number of nitriles is 1. The molecule has 0 saturated heterocycles. The fourth-order valence-electron chi connectivity index (χ4n) is 3.15. The van der Waals surface area contributed by atoms with Crippen LogP contribution in [0.4, 0.5) is 0 Å². The van der Waals surface area contributed by atoms with Gasteiger partial charge in [0.1, 0.15) is 17.7 Å². The van der Waals surface area contributed by atoms with Gasteiger partial charge >= 0.3 is 0 Å². The third-order valence-electron chi connectivity index (χ3n) is 4.62. The molecule has 4 nitrogen and oxygen atoms in total. The normalized spacial score (nSPS) is 11.2. The fourth-order valence-corrected chi connectivity index (χ4v) is 4.70. The van der Waals surface area contributed by atoms with Crippen molar-refractivity contribution < 1.29 is 9.47 Å². The van der Waals surface area contributed by atoms with Gasteiger partial charge < -0.3 is 9.47 Å². The van der Waals surface area contributed by atoms with E-state index in [4.69, 9.17) is 9.47 Å². The van der Waals surface area contributed by atoms with E-state index in [1.54, 1.807) is 18.4 Å². The second-order valence-corrected chi connectivity index (χ2v) is 8.65. The Morgan fingerprint density at radius 3 is 2.74 bits per heavy atom. The highest BCUT2D eigenvalue weighted by Crippen LogP contribution is 2.35. The lowest BCUT2D eigenvalue weighted by atomic mass is 10.1. The van der Waals surface area contributed by atoms with Gasteiger partial charge in [-0.15, -0.1) is 22.7 Å². The first kappa shape index (κ1) is 20.9. The number of rotatable bonds is 7. The lowest BCUT2D eigenvalue weighted by molar-refractivity contribution is 0.284. The van der Waals surface area contributed by atoms with Crippen LogP contribution < -0.4 is 9.47 Å². The summed E-state index contributed by atoms with van der Waals surface area (Å²) in [4.78, 5) is 5.75. The second kappa shape index (κ2) is 9.61. The van der Waals surface area contributed by atoms with Gasteiger partial charge in [0.2, 0.25) is 0 Å². The quantitative estimate of drug-likeness (QED) is 0.293. The van der Waals surface area contributed by atoms with E-state index in [0.717, 1.165) is 21.7 Å². The van der Waals surface area contributed by atoms with Crippen LogP contribution >= 0.6 is 22.7 Å². The van der Waals surface area contributed by atoms with Crippen molar-refractivity contribution in [1.29, 1.82) is 5.26 Å². The Labute approximate surface area is 189 Å². The molecule has 0 aliphatic rings. The van der Waals surface area contributed by atoms with Gasteiger partial charge in [-0.2, -0.15) is 5.26 Å². The molecule has 2 aromatic carbocycles. The Morgan fingerprint density at radius 2 is 2.00 bits per heavy atom. The minimum Gasteiger partial charge on any atom is -0.493 e. The molecule has 0 N–H and O–H groups in total. The minimum absolute atomic E-state index is 0.407. The molecular formula is C25H20N2O2S2. The molecule has 2 aromatic heterocycles. The van der Waals surface area contributed by atoms with Crippen molar-refractivity contribution in [3.05, 3.63) is 87.1 Å². The first-order chi connectivity index (χ1) is 15.2. The number of aromatic nitrogens is 1. The molecule has 31 heavy (non-hydrogen) atoms. The van der Waals surface area contributed by atoms with Crippen LogP contribution in [0.3, 0.4) is 0 Å². The molecule has 0 fully saturated rings. The van der Waals surface area contributed by atoms with Crippen LogP contribution in [0, 0.1) is 18.3 Å². The maximum Gasteiger partial charge on any atom is 0.168 e. The first-order valence-electron chi connectivity index (χ1n) is 9.65. The Balaban J connectivity index is 1.66. The lowest BCUT2D eigenvalue weighted by Crippen LogP contribution is -2.00. The molecule has 0 spiro atoms. The van der Waals surface area contributed by atoms with E-state index in [-0.39, 0.29) is 0 Å². The van der Waals surface area contributed by atoms with Gasteiger partial charge in [0.25, 0.3) is 0 Å². The van der Waals surface area contributed by atoms with Crippen molar-refractivity contribution in [2.75, 3.05) is 7.11 Å². The molecule has 0 radical (unpaired) electrons. The maximum atomic E-state index is 9.82. The van der Waals surface area contributed by atoms with Gasteiger partial charge in [0.05, 0.1) is 23.3 Å². The number of allylic oxidation sites excluding steroid dienone is 1. The first-order valence-corrected chi connectivity index (χ1v) is 11.4. The molecule has 154 valence electrons. The van der Waals surface area contributed by atoms with Crippen LogP contribution in [0.1, 0.15) is 21.7 Å². The summed E-state index contributed by atoms with van der Waals surface area (Å²) < 4.78 is 11.7. The molecule has 0 bridgehead atoms. The van der Waals surface area contributed by atoms with Gasteiger partial charge in [0, 0.05) is 10.9 Å². The predicted octanol–water partition coefficient (Wildman–Crippen LogP) is 6.83. The van der Waals surface area contributed by atoms with Crippen LogP contribution in [-0.2, 0) is 6.61 Å². The monoisotopic (exact) mass is 444 g/mol. The van der Waals surface area contributed by atoms with E-state index < -0.39 is 0 Å². The summed E-state index contributed by atoms with van der Waals surface area (Å²) in [7, 11) is 1.61. The van der Waals surface area contributed by atoms with Crippen LogP contribution in [0.2, 0.25) is 0 Å². The van der Waals surface area contributed by atoms with E-state index >= 15 is 0 Å². The Morgan fingerprint density at radius 1 is 1.13 bits per heavy atom. The maximum absolute atomic E-state index is 9.82. The Hall–Kier alpha value is -3.40. The predicted molar refractivity (Wildman–Crippen MR) is 127 cm³/mol. The van der Waals surface area contributed by atoms with E-state index in [2.05, 4.69) is 30.1 Å². The van der Waals surface area contributed by atoms with Crippen molar-refractivity contribution in [1.82, 2.24) is 4.98 Å². The minimum atomic E-state index is 0.407. The zero-order chi connectivity index (χ0) is 21.6. The molecule has 0 atom stereocenters. The van der Waals surface area contributed by atoms with Crippen molar-refractivity contribution >= 4 is 34.3 Å². The van der Waals surface area contributed by atoms with Gasteiger partial charge in [0.15, 0.2) is 11.5 Å². The third kappa shape index (κ3) is 4.85. The molecule has 0 saturated carbocycles. The molecule has 0 aliphatic carbocycles. The number of ether oxygens (including phenoxy) is 2. The van der Waals surface area contributed by atoms with Gasteiger partial charge in [-0.3, -0.25) is 0 Å². The summed E-state index contributed by atoms with van der Waals surface area (Å²) in [6.45, 7) is 2.46. The Bertz CT molecular complexity index is 1250. The molecule has 4 rings (SSSR count). The van der Waals surface area contributed by atoms with Crippen molar-refractivity contribution in [3.8, 4) is 28.1 Å². The molecular weight excluding hydrogens is 424 g/mol. The van der Waals surface area contributed by atoms with Gasteiger partial charge in [-0.05, 0) is 36.1 Å². The smallest absolute Gasteiger partial charge is 0.168 e. The standard InChI is InChI=1S/C25H20N2O2S2/c1-17-6-3-7-18(12-17)15-29-24-19(8-4-9-22(24)28-2)13-20(14-26)25-27-21(16-31-25)23-10-5-11-30-23/h3-13,16H,15H2,1-2H3/b20-13-. The molecule has 0 aliphatic heterocycles. The third-order valence-corrected chi connectivity index (χ3v) is 6.39. The van der Waals surface area contributed by atoms with Crippen molar-refractivity contribution in [2.24, 2.45) is 0 Å². The molecule has 6 heteroatoms. The summed E-state index contributed by atoms with van der Waals surface area (Å²) in [5.41, 5.74) is 4.40. The van der Waals surface area contributed by atoms with Crippen LogP contribution in [0.25, 0.3) is 22.2 Å². The second-order valence-electron chi connectivity index (χ2n) is 6.84. The molecule has 0 unspecified atom stereocenters. The van der Waals surface area contributed by atoms with Gasteiger partial charge in [-0.25, -0.2) is 4.98 Å². The topological polar surface area (TPSA) is 55.1 Å². The summed E-state index contributed by atoms with van der Waals surface area (Å²) in [6.07, 6.45) is 1.81. The van der Waals surface area contributed by atoms with E-state index in [0.29, 0.717) is 28.7 Å². The highest BCUT2D eigenvalue weighted by Gasteiger charge is 2.14. The summed E-state index contributed by atoms with van der Waals surface area (Å²) in [5, 5.41) is 14.5. The number of hydrogen-bond acceptors (Lipinski definition) is 6. The number of hydrogen-bond donors (Lipinski definition) is 0. The van der Waals surface area contributed by atoms with E-state index in [9.17, 15) is 5.26 Å². The summed E-state index contributed by atoms with van der Waals surface area (Å²) >= 11 is 3.09. The van der Waals surface area contributed by atoms with E-state index in [1.807, 2.05) is 59.3 Å². The zero-order valence-electron chi connectivity index (χ0n) is 17.2. The molecule has 0 amide bonds.